The second-order valence-corrected chi connectivity index (χ2v) is 6.22. The van der Waals surface area contributed by atoms with E-state index in [2.05, 4.69) is 63.2 Å². The van der Waals surface area contributed by atoms with Crippen molar-refractivity contribution in [1.82, 2.24) is 14.8 Å². The van der Waals surface area contributed by atoms with Crippen molar-refractivity contribution in [3.8, 4) is 0 Å². The SMILES string of the molecule is Nc1ncn(CC(=O)Nc2c(Br)cc(Br)cc2Br)n1. The summed E-state index contributed by atoms with van der Waals surface area (Å²) in [7, 11) is 0. The maximum Gasteiger partial charge on any atom is 0.246 e. The van der Waals surface area contributed by atoms with Crippen LogP contribution in [0.3, 0.4) is 0 Å². The topological polar surface area (TPSA) is 85.8 Å². The van der Waals surface area contributed by atoms with Crippen LogP contribution in [0.4, 0.5) is 11.6 Å². The molecule has 9 heteroatoms. The van der Waals surface area contributed by atoms with Crippen LogP contribution in [-0.4, -0.2) is 20.7 Å². The van der Waals surface area contributed by atoms with Crippen molar-refractivity contribution in [3.05, 3.63) is 31.9 Å². The molecule has 0 aliphatic rings. The van der Waals surface area contributed by atoms with E-state index in [1.165, 1.54) is 11.0 Å². The van der Waals surface area contributed by atoms with Gasteiger partial charge in [-0.15, -0.1) is 5.10 Å². The van der Waals surface area contributed by atoms with E-state index in [0.29, 0.717) is 5.69 Å². The second-order valence-electron chi connectivity index (χ2n) is 3.59. The van der Waals surface area contributed by atoms with Gasteiger partial charge in [-0.25, -0.2) is 9.67 Å². The largest absolute Gasteiger partial charge is 0.367 e. The van der Waals surface area contributed by atoms with Gasteiger partial charge in [-0.2, -0.15) is 0 Å². The van der Waals surface area contributed by atoms with Crippen LogP contribution < -0.4 is 11.1 Å². The molecule has 3 N–H and O–H groups in total. The summed E-state index contributed by atoms with van der Waals surface area (Å²) in [6.45, 7) is 0.0408. The number of carbonyl (C=O) groups is 1. The Bertz CT molecular complexity index is 604. The number of hydrogen-bond donors (Lipinski definition) is 2. The van der Waals surface area contributed by atoms with Crippen LogP contribution in [0.2, 0.25) is 0 Å². The Labute approximate surface area is 134 Å². The summed E-state index contributed by atoms with van der Waals surface area (Å²) >= 11 is 10.1. The first kappa shape index (κ1) is 14.5. The molecule has 0 bridgehead atoms. The summed E-state index contributed by atoms with van der Waals surface area (Å²) in [5.41, 5.74) is 6.03. The molecule has 100 valence electrons. The third-order valence-corrected chi connectivity index (χ3v) is 3.84. The molecule has 2 rings (SSSR count). The number of rotatable bonds is 3. The molecule has 0 unspecified atom stereocenters. The molecule has 0 saturated carbocycles. The van der Waals surface area contributed by atoms with Crippen molar-refractivity contribution >= 4 is 65.3 Å². The van der Waals surface area contributed by atoms with Gasteiger partial charge >= 0.3 is 0 Å². The Morgan fingerprint density at radius 2 is 1.95 bits per heavy atom. The van der Waals surface area contributed by atoms with E-state index in [1.54, 1.807) is 0 Å². The molecule has 0 atom stereocenters. The molecule has 1 aromatic carbocycles. The highest BCUT2D eigenvalue weighted by Crippen LogP contribution is 2.34. The third kappa shape index (κ3) is 3.77. The number of amides is 1. The average Bonchev–Trinajstić information content (AvgIpc) is 2.69. The van der Waals surface area contributed by atoms with Crippen LogP contribution in [0, 0.1) is 0 Å². The molecule has 1 heterocycles. The molecule has 2 aromatic rings. The smallest absolute Gasteiger partial charge is 0.246 e. The van der Waals surface area contributed by atoms with E-state index in [0.717, 1.165) is 13.4 Å². The van der Waals surface area contributed by atoms with Gasteiger partial charge in [0.15, 0.2) is 0 Å². The Morgan fingerprint density at radius 3 is 2.47 bits per heavy atom. The highest BCUT2D eigenvalue weighted by molar-refractivity contribution is 9.11. The van der Waals surface area contributed by atoms with E-state index >= 15 is 0 Å². The number of halogens is 3. The van der Waals surface area contributed by atoms with Crippen molar-refractivity contribution in [2.45, 2.75) is 6.54 Å². The minimum atomic E-state index is -0.228. The van der Waals surface area contributed by atoms with Crippen molar-refractivity contribution < 1.29 is 4.79 Å². The lowest BCUT2D eigenvalue weighted by Gasteiger charge is -2.10. The number of nitrogens with zero attached hydrogens (tertiary/aromatic N) is 3. The Kier molecular flexibility index (Phi) is 4.58. The molecule has 0 radical (unpaired) electrons. The van der Waals surface area contributed by atoms with Crippen molar-refractivity contribution in [3.63, 3.8) is 0 Å². The van der Waals surface area contributed by atoms with Gasteiger partial charge in [0.25, 0.3) is 0 Å². The zero-order valence-electron chi connectivity index (χ0n) is 9.40. The number of anilines is 2. The van der Waals surface area contributed by atoms with Gasteiger partial charge in [-0.3, -0.25) is 4.79 Å². The fourth-order valence-electron chi connectivity index (χ4n) is 1.37. The predicted molar refractivity (Wildman–Crippen MR) is 82.6 cm³/mol. The van der Waals surface area contributed by atoms with Gasteiger partial charge in [-0.05, 0) is 44.0 Å². The molecule has 1 amide bonds. The van der Waals surface area contributed by atoms with E-state index in [1.807, 2.05) is 12.1 Å². The summed E-state index contributed by atoms with van der Waals surface area (Å²) in [6, 6.07) is 3.68. The molecule has 1 aromatic heterocycles. The Hall–Kier alpha value is -0.930. The minimum absolute atomic E-state index is 0.0408. The highest BCUT2D eigenvalue weighted by atomic mass is 79.9. The van der Waals surface area contributed by atoms with Crippen LogP contribution in [0.5, 0.6) is 0 Å². The van der Waals surface area contributed by atoms with E-state index in [9.17, 15) is 4.79 Å². The van der Waals surface area contributed by atoms with Crippen LogP contribution in [-0.2, 0) is 11.3 Å². The third-order valence-electron chi connectivity index (χ3n) is 2.13. The van der Waals surface area contributed by atoms with E-state index < -0.39 is 0 Å². The van der Waals surface area contributed by atoms with Gasteiger partial charge in [0.1, 0.15) is 12.9 Å². The van der Waals surface area contributed by atoms with E-state index in [4.69, 9.17) is 5.73 Å². The minimum Gasteiger partial charge on any atom is -0.367 e. The summed E-state index contributed by atoms with van der Waals surface area (Å²) in [5, 5.41) is 6.62. The van der Waals surface area contributed by atoms with Crippen molar-refractivity contribution in [2.24, 2.45) is 0 Å². The quantitative estimate of drug-likeness (QED) is 0.748. The Balaban J connectivity index is 2.11. The number of benzene rings is 1. The maximum atomic E-state index is 11.9. The summed E-state index contributed by atoms with van der Waals surface area (Å²) < 4.78 is 3.79. The lowest BCUT2D eigenvalue weighted by molar-refractivity contribution is -0.116. The number of nitrogens with two attached hydrogens (primary N) is 1. The first-order chi connectivity index (χ1) is 8.95. The monoisotopic (exact) mass is 451 g/mol. The van der Waals surface area contributed by atoms with Gasteiger partial charge in [-0.1, -0.05) is 15.9 Å². The fraction of sp³-hybridized carbons (Fsp3) is 0.100. The highest BCUT2D eigenvalue weighted by Gasteiger charge is 2.11. The van der Waals surface area contributed by atoms with Gasteiger partial charge in [0.05, 0.1) is 5.69 Å². The normalized spacial score (nSPS) is 10.5. The van der Waals surface area contributed by atoms with Crippen LogP contribution >= 0.6 is 47.8 Å². The zero-order chi connectivity index (χ0) is 14.0. The molecule has 0 fully saturated rings. The Morgan fingerprint density at radius 1 is 1.32 bits per heavy atom. The molecule has 0 aliphatic carbocycles. The molecule has 6 nitrogen and oxygen atoms in total. The number of aromatic nitrogens is 3. The molecular formula is C10H8Br3N5O. The molecule has 19 heavy (non-hydrogen) atoms. The molecular weight excluding hydrogens is 446 g/mol. The first-order valence-corrected chi connectivity index (χ1v) is 7.43. The number of hydrogen-bond acceptors (Lipinski definition) is 4. The molecule has 0 saturated heterocycles. The lowest BCUT2D eigenvalue weighted by atomic mass is 10.3. The summed E-state index contributed by atoms with van der Waals surface area (Å²) in [6.07, 6.45) is 1.40. The van der Waals surface area contributed by atoms with Crippen molar-refractivity contribution in [2.75, 3.05) is 11.1 Å². The number of nitrogen functional groups attached to an aromatic ring is 1. The van der Waals surface area contributed by atoms with Crippen molar-refractivity contribution in [1.29, 1.82) is 0 Å². The fourth-order valence-corrected chi connectivity index (χ4v) is 3.83. The first-order valence-electron chi connectivity index (χ1n) is 5.05. The zero-order valence-corrected chi connectivity index (χ0v) is 14.2. The van der Waals surface area contributed by atoms with Gasteiger partial charge in [0, 0.05) is 13.4 Å². The lowest BCUT2D eigenvalue weighted by Crippen LogP contribution is -2.19. The molecule has 0 spiro atoms. The number of nitrogens with one attached hydrogen (secondary N) is 1. The predicted octanol–water partition coefficient (Wildman–Crippen LogP) is 2.79. The second kappa shape index (κ2) is 6.02. The summed E-state index contributed by atoms with van der Waals surface area (Å²) in [4.78, 5) is 15.6. The van der Waals surface area contributed by atoms with Crippen LogP contribution in [0.15, 0.2) is 31.9 Å². The van der Waals surface area contributed by atoms with Gasteiger partial charge in [0.2, 0.25) is 11.9 Å². The standard InChI is InChI=1S/C10H8Br3N5O/c11-5-1-6(12)9(7(13)2-5)16-8(19)3-18-4-15-10(14)17-18/h1-2,4H,3H2,(H2,14,17)(H,16,19). The van der Waals surface area contributed by atoms with E-state index in [-0.39, 0.29) is 18.4 Å². The average molecular weight is 454 g/mol. The maximum absolute atomic E-state index is 11.9. The molecule has 0 aliphatic heterocycles. The van der Waals surface area contributed by atoms with Crippen LogP contribution in [0.1, 0.15) is 0 Å². The van der Waals surface area contributed by atoms with Gasteiger partial charge < -0.3 is 11.1 Å². The van der Waals surface area contributed by atoms with Crippen LogP contribution in [0.25, 0.3) is 0 Å². The summed E-state index contributed by atoms with van der Waals surface area (Å²) in [5.74, 6) is -0.0903. The number of carbonyl (C=O) groups excluding carboxylic acids is 1.